The number of nitrogens with zero attached hydrogens (tertiary/aromatic N) is 2. The standard InChI is InChI=1S/C18H23N3O3S/c1-10-16(25-11(2)20-10)7-17(23)21-18(12-4-14(22)5-12)13-6-15(24-3)9-19-8-13/h6,8-9,12,14,18,22H,4-5,7H2,1-3H3,(H,21,23)/t12?,14?,18-/m1/s1. The lowest BCUT2D eigenvalue weighted by atomic mass is 9.75. The van der Waals surface area contributed by atoms with Crippen LogP contribution in [0.1, 0.15) is 40.0 Å². The number of carbonyl (C=O) groups excluding carboxylic acids is 1. The van der Waals surface area contributed by atoms with Gasteiger partial charge < -0.3 is 15.2 Å². The van der Waals surface area contributed by atoms with Crippen molar-refractivity contribution >= 4 is 17.2 Å². The van der Waals surface area contributed by atoms with Gasteiger partial charge in [-0.2, -0.15) is 0 Å². The van der Waals surface area contributed by atoms with Gasteiger partial charge in [-0.1, -0.05) is 0 Å². The number of carbonyl (C=O) groups is 1. The van der Waals surface area contributed by atoms with E-state index in [-0.39, 0.29) is 24.0 Å². The Labute approximate surface area is 151 Å². The Morgan fingerprint density at radius 2 is 2.20 bits per heavy atom. The van der Waals surface area contributed by atoms with E-state index in [1.54, 1.807) is 30.8 Å². The molecule has 1 aliphatic rings. The molecule has 0 bridgehead atoms. The number of ether oxygens (including phenoxy) is 1. The SMILES string of the molecule is COc1cncc([C@H](NC(=O)Cc2sc(C)nc2C)C2CC(O)C2)c1. The Morgan fingerprint density at radius 3 is 2.80 bits per heavy atom. The van der Waals surface area contributed by atoms with E-state index in [0.29, 0.717) is 25.0 Å². The average molecular weight is 361 g/mol. The fourth-order valence-corrected chi connectivity index (χ4v) is 4.14. The van der Waals surface area contributed by atoms with Gasteiger partial charge in [0.25, 0.3) is 0 Å². The summed E-state index contributed by atoms with van der Waals surface area (Å²) in [5.41, 5.74) is 1.82. The van der Waals surface area contributed by atoms with Gasteiger partial charge in [-0.05, 0) is 44.2 Å². The van der Waals surface area contributed by atoms with Crippen LogP contribution < -0.4 is 10.1 Å². The third-order valence-electron chi connectivity index (χ3n) is 4.59. The van der Waals surface area contributed by atoms with Gasteiger partial charge in [0.1, 0.15) is 5.75 Å². The predicted octanol–water partition coefficient (Wildman–Crippen LogP) is 2.33. The maximum absolute atomic E-state index is 12.6. The number of methoxy groups -OCH3 is 1. The fourth-order valence-electron chi connectivity index (χ4n) is 3.20. The highest BCUT2D eigenvalue weighted by molar-refractivity contribution is 7.11. The number of aryl methyl sites for hydroxylation is 2. The van der Waals surface area contributed by atoms with Gasteiger partial charge >= 0.3 is 0 Å². The minimum absolute atomic E-state index is 0.0408. The Morgan fingerprint density at radius 1 is 1.44 bits per heavy atom. The van der Waals surface area contributed by atoms with Crippen LogP contribution in [0.25, 0.3) is 0 Å². The van der Waals surface area contributed by atoms with Crippen LogP contribution in [0.15, 0.2) is 18.5 Å². The van der Waals surface area contributed by atoms with E-state index in [1.807, 2.05) is 19.9 Å². The maximum atomic E-state index is 12.6. The third kappa shape index (κ3) is 4.16. The summed E-state index contributed by atoms with van der Waals surface area (Å²) in [7, 11) is 1.59. The fraction of sp³-hybridized carbons (Fsp3) is 0.500. The molecule has 0 unspecified atom stereocenters. The minimum Gasteiger partial charge on any atom is -0.495 e. The molecule has 2 aromatic rings. The number of amides is 1. The zero-order valence-electron chi connectivity index (χ0n) is 14.7. The molecule has 0 saturated heterocycles. The zero-order chi connectivity index (χ0) is 18.0. The number of pyridine rings is 1. The second-order valence-electron chi connectivity index (χ2n) is 6.51. The van der Waals surface area contributed by atoms with Crippen LogP contribution in [0.2, 0.25) is 0 Å². The predicted molar refractivity (Wildman–Crippen MR) is 95.7 cm³/mol. The molecular formula is C18H23N3O3S. The first-order valence-electron chi connectivity index (χ1n) is 8.35. The van der Waals surface area contributed by atoms with Crippen molar-refractivity contribution in [3.05, 3.63) is 39.6 Å². The molecule has 2 heterocycles. The van der Waals surface area contributed by atoms with Crippen molar-refractivity contribution in [1.29, 1.82) is 0 Å². The maximum Gasteiger partial charge on any atom is 0.225 e. The number of aliphatic hydroxyl groups excluding tert-OH is 1. The van der Waals surface area contributed by atoms with E-state index in [9.17, 15) is 9.90 Å². The topological polar surface area (TPSA) is 84.3 Å². The molecule has 1 amide bonds. The molecule has 0 aliphatic heterocycles. The minimum atomic E-state index is -0.283. The van der Waals surface area contributed by atoms with E-state index in [2.05, 4.69) is 15.3 Å². The van der Waals surface area contributed by atoms with Gasteiger partial charge in [0, 0.05) is 11.1 Å². The van der Waals surface area contributed by atoms with Crippen molar-refractivity contribution in [2.24, 2.45) is 5.92 Å². The number of hydrogen-bond acceptors (Lipinski definition) is 6. The molecule has 3 rings (SSSR count). The monoisotopic (exact) mass is 361 g/mol. The molecule has 1 saturated carbocycles. The Bertz CT molecular complexity index is 756. The van der Waals surface area contributed by atoms with Crippen molar-refractivity contribution < 1.29 is 14.6 Å². The van der Waals surface area contributed by atoms with Crippen molar-refractivity contribution in [3.63, 3.8) is 0 Å². The zero-order valence-corrected chi connectivity index (χ0v) is 15.5. The summed E-state index contributed by atoms with van der Waals surface area (Å²) >= 11 is 1.56. The Balaban J connectivity index is 1.75. The summed E-state index contributed by atoms with van der Waals surface area (Å²) in [4.78, 5) is 22.2. The van der Waals surface area contributed by atoms with Crippen molar-refractivity contribution in [1.82, 2.24) is 15.3 Å². The van der Waals surface area contributed by atoms with Gasteiger partial charge in [0.15, 0.2) is 0 Å². The first-order valence-corrected chi connectivity index (χ1v) is 9.17. The highest BCUT2D eigenvalue weighted by Gasteiger charge is 2.36. The summed E-state index contributed by atoms with van der Waals surface area (Å²) in [5.74, 6) is 0.823. The van der Waals surface area contributed by atoms with E-state index >= 15 is 0 Å². The molecule has 0 aromatic carbocycles. The van der Waals surface area contributed by atoms with Crippen LogP contribution in [-0.2, 0) is 11.2 Å². The summed E-state index contributed by atoms with van der Waals surface area (Å²) in [6.45, 7) is 3.87. The molecule has 134 valence electrons. The first kappa shape index (κ1) is 17.8. The largest absolute Gasteiger partial charge is 0.495 e. The smallest absolute Gasteiger partial charge is 0.225 e. The summed E-state index contributed by atoms with van der Waals surface area (Å²) in [6, 6.07) is 1.72. The van der Waals surface area contributed by atoms with E-state index in [4.69, 9.17) is 4.74 Å². The van der Waals surface area contributed by atoms with Gasteiger partial charge in [-0.15, -0.1) is 11.3 Å². The number of aliphatic hydroxyl groups is 1. The molecule has 0 spiro atoms. The molecule has 1 aliphatic carbocycles. The first-order chi connectivity index (χ1) is 12.0. The van der Waals surface area contributed by atoms with E-state index < -0.39 is 0 Å². The van der Waals surface area contributed by atoms with Gasteiger partial charge in [0.05, 0.1) is 42.6 Å². The Kier molecular flexibility index (Phi) is 5.34. The second kappa shape index (κ2) is 7.49. The normalized spacial score (nSPS) is 20.6. The molecule has 6 nitrogen and oxygen atoms in total. The number of aromatic nitrogens is 2. The van der Waals surface area contributed by atoms with Crippen LogP contribution in [0.4, 0.5) is 0 Å². The number of thiazole rings is 1. The molecule has 2 aromatic heterocycles. The lowest BCUT2D eigenvalue weighted by Gasteiger charge is -2.38. The van der Waals surface area contributed by atoms with Crippen LogP contribution in [0.5, 0.6) is 5.75 Å². The summed E-state index contributed by atoms with van der Waals surface area (Å²) in [5, 5.41) is 13.8. The quantitative estimate of drug-likeness (QED) is 0.825. The average Bonchev–Trinajstić information content (AvgIpc) is 2.87. The van der Waals surface area contributed by atoms with Crippen LogP contribution >= 0.6 is 11.3 Å². The molecule has 1 fully saturated rings. The molecule has 2 N–H and O–H groups in total. The van der Waals surface area contributed by atoms with Gasteiger partial charge in [0.2, 0.25) is 5.91 Å². The number of rotatable bonds is 6. The van der Waals surface area contributed by atoms with Crippen molar-refractivity contribution in [2.75, 3.05) is 7.11 Å². The second-order valence-corrected chi connectivity index (χ2v) is 7.79. The number of hydrogen-bond donors (Lipinski definition) is 2. The van der Waals surface area contributed by atoms with E-state index in [0.717, 1.165) is 21.1 Å². The van der Waals surface area contributed by atoms with Crippen LogP contribution in [0, 0.1) is 19.8 Å². The van der Waals surface area contributed by atoms with Gasteiger partial charge in [-0.3, -0.25) is 9.78 Å². The molecule has 0 radical (unpaired) electrons. The molecule has 25 heavy (non-hydrogen) atoms. The number of nitrogens with one attached hydrogen (secondary N) is 1. The lowest BCUT2D eigenvalue weighted by Crippen LogP contribution is -2.41. The molecule has 1 atom stereocenters. The van der Waals surface area contributed by atoms with E-state index in [1.165, 1.54) is 0 Å². The summed E-state index contributed by atoms with van der Waals surface area (Å²) < 4.78 is 5.25. The molecular weight excluding hydrogens is 338 g/mol. The van der Waals surface area contributed by atoms with Gasteiger partial charge in [-0.25, -0.2) is 4.98 Å². The third-order valence-corrected chi connectivity index (χ3v) is 5.66. The lowest BCUT2D eigenvalue weighted by molar-refractivity contribution is -0.122. The highest BCUT2D eigenvalue weighted by Crippen LogP contribution is 2.38. The summed E-state index contributed by atoms with van der Waals surface area (Å²) in [6.07, 6.45) is 4.79. The Hall–Kier alpha value is -1.99. The molecule has 7 heteroatoms. The van der Waals surface area contributed by atoms with Crippen molar-refractivity contribution in [2.45, 2.75) is 45.3 Å². The van der Waals surface area contributed by atoms with Crippen LogP contribution in [0.3, 0.4) is 0 Å². The van der Waals surface area contributed by atoms with Crippen LogP contribution in [-0.4, -0.2) is 34.2 Å². The van der Waals surface area contributed by atoms with Crippen molar-refractivity contribution in [3.8, 4) is 5.75 Å². The highest BCUT2D eigenvalue weighted by atomic mass is 32.1.